The molecule has 1 aliphatic rings. The number of aliphatic imine (C=N–C) groups is 1. The maximum absolute atomic E-state index is 11.8. The van der Waals surface area contributed by atoms with Gasteiger partial charge in [-0.25, -0.2) is 0 Å². The average Bonchev–Trinajstić information content (AvgIpc) is 3.09. The Kier molecular flexibility index (Phi) is 7.52. The number of ether oxygens (including phenoxy) is 1. The molecule has 0 aliphatic carbocycles. The molecule has 0 saturated carbocycles. The highest BCUT2D eigenvalue weighted by molar-refractivity contribution is 6.30. The van der Waals surface area contributed by atoms with E-state index in [0.717, 1.165) is 25.1 Å². The number of amides is 1. The fourth-order valence-corrected chi connectivity index (χ4v) is 3.15. The first-order valence-electron chi connectivity index (χ1n) is 8.60. The van der Waals surface area contributed by atoms with E-state index in [-0.39, 0.29) is 18.1 Å². The maximum atomic E-state index is 11.8. The molecule has 25 heavy (non-hydrogen) atoms. The maximum Gasteiger partial charge on any atom is 0.222 e. The second kappa shape index (κ2) is 9.63. The molecule has 1 fully saturated rings. The molecule has 7 heteroatoms. The third kappa shape index (κ3) is 5.61. The molecule has 1 amide bonds. The molecule has 0 radical (unpaired) electrons. The van der Waals surface area contributed by atoms with E-state index < -0.39 is 0 Å². The molecule has 2 atom stereocenters. The SMILES string of the molecule is CCC(=O)N1CCC(NC(=NC)NCC(OC)c2cccc(Cl)c2)C1. The zero-order valence-corrected chi connectivity index (χ0v) is 15.8. The quantitative estimate of drug-likeness (QED) is 0.598. The van der Waals surface area contributed by atoms with Gasteiger partial charge in [-0.1, -0.05) is 30.7 Å². The van der Waals surface area contributed by atoms with Crippen LogP contribution in [0.3, 0.4) is 0 Å². The number of hydrogen-bond acceptors (Lipinski definition) is 3. The number of rotatable bonds is 6. The van der Waals surface area contributed by atoms with Crippen molar-refractivity contribution in [2.75, 3.05) is 33.8 Å². The highest BCUT2D eigenvalue weighted by Crippen LogP contribution is 2.19. The van der Waals surface area contributed by atoms with Crippen molar-refractivity contribution in [3.05, 3.63) is 34.9 Å². The van der Waals surface area contributed by atoms with Gasteiger partial charge in [0, 0.05) is 51.3 Å². The zero-order chi connectivity index (χ0) is 18.2. The van der Waals surface area contributed by atoms with Crippen molar-refractivity contribution in [1.29, 1.82) is 0 Å². The number of nitrogens with one attached hydrogen (secondary N) is 2. The Morgan fingerprint density at radius 2 is 2.32 bits per heavy atom. The van der Waals surface area contributed by atoms with Crippen LogP contribution in [0.2, 0.25) is 5.02 Å². The summed E-state index contributed by atoms with van der Waals surface area (Å²) in [5.74, 6) is 0.910. The van der Waals surface area contributed by atoms with E-state index in [9.17, 15) is 4.79 Å². The van der Waals surface area contributed by atoms with Gasteiger partial charge < -0.3 is 20.3 Å². The second-order valence-corrected chi connectivity index (χ2v) is 6.49. The van der Waals surface area contributed by atoms with Gasteiger partial charge >= 0.3 is 0 Å². The molecule has 1 heterocycles. The number of hydrogen-bond donors (Lipinski definition) is 2. The highest BCUT2D eigenvalue weighted by Gasteiger charge is 2.26. The summed E-state index contributed by atoms with van der Waals surface area (Å²) in [5, 5.41) is 7.36. The van der Waals surface area contributed by atoms with E-state index in [1.54, 1.807) is 14.2 Å². The smallest absolute Gasteiger partial charge is 0.222 e. The van der Waals surface area contributed by atoms with Gasteiger partial charge in [0.2, 0.25) is 5.91 Å². The molecule has 1 aliphatic heterocycles. The minimum Gasteiger partial charge on any atom is -0.375 e. The number of carbonyl (C=O) groups excluding carboxylic acids is 1. The third-order valence-electron chi connectivity index (χ3n) is 4.37. The van der Waals surface area contributed by atoms with Gasteiger partial charge in [-0.2, -0.15) is 0 Å². The Balaban J connectivity index is 1.86. The zero-order valence-electron chi connectivity index (χ0n) is 15.1. The van der Waals surface area contributed by atoms with Gasteiger partial charge in [-0.05, 0) is 24.1 Å². The van der Waals surface area contributed by atoms with E-state index in [1.807, 2.05) is 36.1 Å². The van der Waals surface area contributed by atoms with Crippen LogP contribution in [-0.2, 0) is 9.53 Å². The lowest BCUT2D eigenvalue weighted by atomic mass is 10.1. The Labute approximate surface area is 154 Å². The van der Waals surface area contributed by atoms with Crippen LogP contribution in [0.5, 0.6) is 0 Å². The number of likely N-dealkylation sites (tertiary alicyclic amines) is 1. The summed E-state index contributed by atoms with van der Waals surface area (Å²) < 4.78 is 5.56. The molecule has 138 valence electrons. The van der Waals surface area contributed by atoms with Crippen LogP contribution in [0.1, 0.15) is 31.4 Å². The molecule has 1 aromatic carbocycles. The molecule has 6 nitrogen and oxygen atoms in total. The first kappa shape index (κ1) is 19.5. The van der Waals surface area contributed by atoms with Crippen molar-refractivity contribution >= 4 is 23.5 Å². The van der Waals surface area contributed by atoms with Crippen LogP contribution in [0.4, 0.5) is 0 Å². The summed E-state index contributed by atoms with van der Waals surface area (Å²) in [7, 11) is 3.41. The number of nitrogens with zero attached hydrogens (tertiary/aromatic N) is 2. The Morgan fingerprint density at radius 1 is 1.52 bits per heavy atom. The van der Waals surface area contributed by atoms with Crippen molar-refractivity contribution in [1.82, 2.24) is 15.5 Å². The summed E-state index contributed by atoms with van der Waals surface area (Å²) in [6.07, 6.45) is 1.35. The van der Waals surface area contributed by atoms with Crippen molar-refractivity contribution in [3.63, 3.8) is 0 Å². The lowest BCUT2D eigenvalue weighted by molar-refractivity contribution is -0.129. The van der Waals surface area contributed by atoms with Crippen LogP contribution in [0.25, 0.3) is 0 Å². The Bertz CT molecular complexity index is 608. The predicted octanol–water partition coefficient (Wildman–Crippen LogP) is 2.20. The van der Waals surface area contributed by atoms with Crippen LogP contribution in [0, 0.1) is 0 Å². The van der Waals surface area contributed by atoms with E-state index >= 15 is 0 Å². The molecular formula is C18H27ClN4O2. The molecular weight excluding hydrogens is 340 g/mol. The minimum atomic E-state index is -0.126. The van der Waals surface area contributed by atoms with Crippen LogP contribution in [-0.4, -0.2) is 56.6 Å². The number of carbonyl (C=O) groups is 1. The molecule has 0 aromatic heterocycles. The first-order valence-corrected chi connectivity index (χ1v) is 8.98. The van der Waals surface area contributed by atoms with Gasteiger partial charge in [0.1, 0.15) is 0 Å². The fourth-order valence-electron chi connectivity index (χ4n) is 2.95. The van der Waals surface area contributed by atoms with Crippen molar-refractivity contribution in [3.8, 4) is 0 Å². The standard InChI is InChI=1S/C18H27ClN4O2/c1-4-17(24)23-9-8-15(12-23)22-18(20-2)21-11-16(25-3)13-6-5-7-14(19)10-13/h5-7,10,15-16H,4,8-9,11-12H2,1-3H3,(H2,20,21,22). The molecule has 1 aromatic rings. The lowest BCUT2D eigenvalue weighted by Crippen LogP contribution is -2.46. The largest absolute Gasteiger partial charge is 0.375 e. The van der Waals surface area contributed by atoms with E-state index in [4.69, 9.17) is 16.3 Å². The first-order chi connectivity index (χ1) is 12.1. The van der Waals surface area contributed by atoms with Gasteiger partial charge in [0.25, 0.3) is 0 Å². The second-order valence-electron chi connectivity index (χ2n) is 6.06. The Hall–Kier alpha value is -1.79. The molecule has 1 saturated heterocycles. The summed E-state index contributed by atoms with van der Waals surface area (Å²) in [5.41, 5.74) is 1.01. The topological polar surface area (TPSA) is 66.0 Å². The molecule has 2 rings (SSSR count). The third-order valence-corrected chi connectivity index (χ3v) is 4.60. The number of halogens is 1. The van der Waals surface area contributed by atoms with E-state index in [2.05, 4.69) is 15.6 Å². The lowest BCUT2D eigenvalue weighted by Gasteiger charge is -2.21. The monoisotopic (exact) mass is 366 g/mol. The predicted molar refractivity (Wildman–Crippen MR) is 101 cm³/mol. The van der Waals surface area contributed by atoms with Crippen LogP contribution >= 0.6 is 11.6 Å². The number of methoxy groups -OCH3 is 1. The normalized spacial score (nSPS) is 19.0. The number of guanidine groups is 1. The summed E-state index contributed by atoms with van der Waals surface area (Å²) in [6.45, 7) is 3.98. The van der Waals surface area contributed by atoms with Gasteiger partial charge in [0.15, 0.2) is 5.96 Å². The molecule has 0 bridgehead atoms. The minimum absolute atomic E-state index is 0.126. The van der Waals surface area contributed by atoms with Gasteiger partial charge in [-0.15, -0.1) is 0 Å². The van der Waals surface area contributed by atoms with Crippen molar-refractivity contribution in [2.24, 2.45) is 4.99 Å². The molecule has 2 unspecified atom stereocenters. The highest BCUT2D eigenvalue weighted by atomic mass is 35.5. The summed E-state index contributed by atoms with van der Waals surface area (Å²) >= 11 is 6.06. The van der Waals surface area contributed by atoms with E-state index in [0.29, 0.717) is 23.9 Å². The van der Waals surface area contributed by atoms with Gasteiger partial charge in [0.05, 0.1) is 6.10 Å². The van der Waals surface area contributed by atoms with E-state index in [1.165, 1.54) is 0 Å². The molecule has 2 N–H and O–H groups in total. The fraction of sp³-hybridized carbons (Fsp3) is 0.556. The van der Waals surface area contributed by atoms with Crippen LogP contribution in [0.15, 0.2) is 29.3 Å². The van der Waals surface area contributed by atoms with Gasteiger partial charge in [-0.3, -0.25) is 9.79 Å². The summed E-state index contributed by atoms with van der Waals surface area (Å²) in [4.78, 5) is 17.9. The number of benzene rings is 1. The van der Waals surface area contributed by atoms with Crippen molar-refractivity contribution < 1.29 is 9.53 Å². The summed E-state index contributed by atoms with van der Waals surface area (Å²) in [6, 6.07) is 7.86. The van der Waals surface area contributed by atoms with Crippen LogP contribution < -0.4 is 10.6 Å². The average molecular weight is 367 g/mol. The molecule has 0 spiro atoms. The Morgan fingerprint density at radius 3 is 2.96 bits per heavy atom. The van der Waals surface area contributed by atoms with Crippen molar-refractivity contribution in [2.45, 2.75) is 31.9 Å².